The number of nitrogens with zero attached hydrogens (tertiary/aromatic N) is 2. The van der Waals surface area contributed by atoms with Crippen LogP contribution < -0.4 is 14.2 Å². The third-order valence-electron chi connectivity index (χ3n) is 6.70. The van der Waals surface area contributed by atoms with Gasteiger partial charge in [0.2, 0.25) is 0 Å². The fraction of sp³-hybridized carbons (Fsp3) is 0.156. The van der Waals surface area contributed by atoms with Gasteiger partial charge < -0.3 is 24.2 Å². The number of carbonyl (C=O) groups excluding carboxylic acids is 2. The Morgan fingerprint density at radius 2 is 1.68 bits per heavy atom. The molecule has 1 amide bonds. The van der Waals surface area contributed by atoms with Gasteiger partial charge in [0.1, 0.15) is 18.1 Å². The Morgan fingerprint density at radius 3 is 2.40 bits per heavy atom. The molecule has 0 bridgehead atoms. The molecule has 1 aliphatic heterocycles. The molecule has 1 unspecified atom stereocenters. The molecule has 8 heteroatoms. The van der Waals surface area contributed by atoms with Crippen molar-refractivity contribution in [1.82, 2.24) is 9.88 Å². The maximum Gasteiger partial charge on any atom is 0.295 e. The first-order valence-corrected chi connectivity index (χ1v) is 12.7. The van der Waals surface area contributed by atoms with Crippen LogP contribution in [0.4, 0.5) is 0 Å². The Hall–Kier alpha value is -5.11. The van der Waals surface area contributed by atoms with Gasteiger partial charge in [0.15, 0.2) is 11.5 Å². The molecule has 8 nitrogen and oxygen atoms in total. The van der Waals surface area contributed by atoms with Crippen molar-refractivity contribution < 1.29 is 28.9 Å². The lowest BCUT2D eigenvalue weighted by Crippen LogP contribution is -2.29. The van der Waals surface area contributed by atoms with Crippen molar-refractivity contribution in [2.45, 2.75) is 19.2 Å². The van der Waals surface area contributed by atoms with E-state index in [1.165, 1.54) is 19.1 Å². The number of aliphatic hydroxyl groups excluding tert-OH is 1. The van der Waals surface area contributed by atoms with Gasteiger partial charge in [0.25, 0.3) is 11.7 Å². The van der Waals surface area contributed by atoms with Gasteiger partial charge in [-0.25, -0.2) is 0 Å². The summed E-state index contributed by atoms with van der Waals surface area (Å²) in [5, 5.41) is 11.4. The van der Waals surface area contributed by atoms with E-state index in [4.69, 9.17) is 14.2 Å². The van der Waals surface area contributed by atoms with Crippen LogP contribution in [0.5, 0.6) is 17.2 Å². The zero-order chi connectivity index (χ0) is 28.1. The summed E-state index contributed by atoms with van der Waals surface area (Å²) in [6.45, 7) is 0.457. The van der Waals surface area contributed by atoms with Crippen LogP contribution in [0.3, 0.4) is 0 Å². The van der Waals surface area contributed by atoms with E-state index in [9.17, 15) is 14.7 Å². The van der Waals surface area contributed by atoms with E-state index in [2.05, 4.69) is 4.98 Å². The molecule has 5 rings (SSSR count). The van der Waals surface area contributed by atoms with E-state index < -0.39 is 17.7 Å². The third kappa shape index (κ3) is 5.37. The summed E-state index contributed by atoms with van der Waals surface area (Å²) >= 11 is 0. The maximum absolute atomic E-state index is 13.4. The summed E-state index contributed by atoms with van der Waals surface area (Å²) in [4.78, 5) is 32.4. The minimum atomic E-state index is -0.886. The second kappa shape index (κ2) is 11.7. The van der Waals surface area contributed by atoms with Gasteiger partial charge in [0.05, 0.1) is 25.8 Å². The standard InChI is InChI=1S/C32H28N2O6/c1-38-25-12-6-11-24(16-25)30(35)28-29(34(32(37)31(28)36)19-22-10-7-15-33-18-22)23-13-14-26(27(17-23)39-2)40-20-21-8-4-3-5-9-21/h3-18,29,35H,19-20H2,1-2H3. The first kappa shape index (κ1) is 26.5. The van der Waals surface area contributed by atoms with E-state index >= 15 is 0 Å². The molecule has 1 saturated heterocycles. The van der Waals surface area contributed by atoms with Crippen LogP contribution in [0.25, 0.3) is 5.76 Å². The Balaban J connectivity index is 1.58. The number of likely N-dealkylation sites (tertiary alicyclic amines) is 1. The predicted molar refractivity (Wildman–Crippen MR) is 149 cm³/mol. The van der Waals surface area contributed by atoms with Crippen LogP contribution in [0.15, 0.2) is 103 Å². The van der Waals surface area contributed by atoms with Gasteiger partial charge in [-0.05, 0) is 47.0 Å². The van der Waals surface area contributed by atoms with Gasteiger partial charge in [0, 0.05) is 24.5 Å². The number of hydrogen-bond donors (Lipinski definition) is 1. The van der Waals surface area contributed by atoms with E-state index in [0.29, 0.717) is 35.0 Å². The fourth-order valence-corrected chi connectivity index (χ4v) is 4.71. The van der Waals surface area contributed by atoms with Crippen molar-refractivity contribution in [3.63, 3.8) is 0 Å². The van der Waals surface area contributed by atoms with Crippen molar-refractivity contribution in [2.75, 3.05) is 14.2 Å². The van der Waals surface area contributed by atoms with Gasteiger partial charge in [-0.15, -0.1) is 0 Å². The number of methoxy groups -OCH3 is 2. The SMILES string of the molecule is COc1cccc(C(O)=C2C(=O)C(=O)N(Cc3cccnc3)C2c2ccc(OCc3ccccc3)c(OC)c2)c1. The van der Waals surface area contributed by atoms with Crippen LogP contribution in [0.1, 0.15) is 28.3 Å². The molecule has 2 heterocycles. The largest absolute Gasteiger partial charge is 0.507 e. The van der Waals surface area contributed by atoms with Gasteiger partial charge in [-0.3, -0.25) is 14.6 Å². The monoisotopic (exact) mass is 536 g/mol. The molecular formula is C32H28N2O6. The molecule has 202 valence electrons. The second-order valence-electron chi connectivity index (χ2n) is 9.20. The summed E-state index contributed by atoms with van der Waals surface area (Å²) < 4.78 is 16.9. The lowest BCUT2D eigenvalue weighted by molar-refractivity contribution is -0.140. The third-order valence-corrected chi connectivity index (χ3v) is 6.70. The molecule has 1 atom stereocenters. The number of rotatable bonds is 9. The van der Waals surface area contributed by atoms with Gasteiger partial charge in [-0.2, -0.15) is 0 Å². The second-order valence-corrected chi connectivity index (χ2v) is 9.20. The maximum atomic E-state index is 13.4. The zero-order valence-electron chi connectivity index (χ0n) is 22.1. The molecule has 4 aromatic rings. The molecule has 0 saturated carbocycles. The molecule has 1 aromatic heterocycles. The Kier molecular flexibility index (Phi) is 7.77. The topological polar surface area (TPSA) is 98.2 Å². The van der Waals surface area contributed by atoms with Crippen molar-refractivity contribution in [2.24, 2.45) is 0 Å². The number of carbonyl (C=O) groups is 2. The highest BCUT2D eigenvalue weighted by Crippen LogP contribution is 2.43. The number of ketones is 1. The molecule has 1 aliphatic rings. The summed E-state index contributed by atoms with van der Waals surface area (Å²) in [7, 11) is 3.04. The minimum Gasteiger partial charge on any atom is -0.507 e. The lowest BCUT2D eigenvalue weighted by atomic mass is 9.94. The molecule has 0 radical (unpaired) electrons. The van der Waals surface area contributed by atoms with Crippen LogP contribution in [-0.2, 0) is 22.7 Å². The highest BCUT2D eigenvalue weighted by atomic mass is 16.5. The Bertz CT molecular complexity index is 1550. The Morgan fingerprint density at radius 1 is 0.875 bits per heavy atom. The molecule has 1 fully saturated rings. The number of amides is 1. The highest BCUT2D eigenvalue weighted by Gasteiger charge is 2.46. The van der Waals surface area contributed by atoms with Crippen LogP contribution in [0.2, 0.25) is 0 Å². The number of hydrogen-bond acceptors (Lipinski definition) is 7. The van der Waals surface area contributed by atoms with Crippen LogP contribution in [0, 0.1) is 0 Å². The van der Waals surface area contributed by atoms with Crippen LogP contribution >= 0.6 is 0 Å². The van der Waals surface area contributed by atoms with Crippen molar-refractivity contribution in [3.05, 3.63) is 125 Å². The van der Waals surface area contributed by atoms with Crippen molar-refractivity contribution in [3.8, 4) is 17.2 Å². The first-order chi connectivity index (χ1) is 19.5. The summed E-state index contributed by atoms with van der Waals surface area (Å²) in [5.41, 5.74) is 2.65. The van der Waals surface area contributed by atoms with Crippen molar-refractivity contribution in [1.29, 1.82) is 0 Å². The summed E-state index contributed by atoms with van der Waals surface area (Å²) in [5.74, 6) is -0.348. The first-order valence-electron chi connectivity index (χ1n) is 12.7. The van der Waals surface area contributed by atoms with Crippen molar-refractivity contribution >= 4 is 17.4 Å². The number of pyridine rings is 1. The number of ether oxygens (including phenoxy) is 3. The number of aromatic nitrogens is 1. The number of Topliss-reactive ketones (excluding diaryl/α,β-unsaturated/α-hetero) is 1. The molecule has 3 aromatic carbocycles. The average Bonchev–Trinajstić information content (AvgIpc) is 3.25. The number of benzene rings is 3. The number of aliphatic hydroxyl groups is 1. The zero-order valence-corrected chi connectivity index (χ0v) is 22.1. The molecular weight excluding hydrogens is 508 g/mol. The van der Waals surface area contributed by atoms with E-state index in [-0.39, 0.29) is 17.9 Å². The van der Waals surface area contributed by atoms with Gasteiger partial charge >= 0.3 is 0 Å². The quantitative estimate of drug-likeness (QED) is 0.176. The normalized spacial score (nSPS) is 16.1. The van der Waals surface area contributed by atoms with Gasteiger partial charge in [-0.1, -0.05) is 54.6 Å². The summed E-state index contributed by atoms with van der Waals surface area (Å²) in [6, 6.07) is 24.4. The molecule has 1 N–H and O–H groups in total. The van der Waals surface area contributed by atoms with Crippen LogP contribution in [-0.4, -0.2) is 40.9 Å². The predicted octanol–water partition coefficient (Wildman–Crippen LogP) is 5.30. The highest BCUT2D eigenvalue weighted by molar-refractivity contribution is 6.46. The molecule has 0 spiro atoms. The smallest absolute Gasteiger partial charge is 0.295 e. The minimum absolute atomic E-state index is 0.0258. The summed E-state index contributed by atoms with van der Waals surface area (Å²) in [6.07, 6.45) is 3.27. The lowest BCUT2D eigenvalue weighted by Gasteiger charge is -2.26. The molecule has 0 aliphatic carbocycles. The van der Waals surface area contributed by atoms with E-state index in [1.54, 1.807) is 60.9 Å². The molecule has 40 heavy (non-hydrogen) atoms. The Labute approximate surface area is 232 Å². The fourth-order valence-electron chi connectivity index (χ4n) is 4.71. The van der Waals surface area contributed by atoms with E-state index in [0.717, 1.165) is 11.1 Å². The average molecular weight is 537 g/mol. The van der Waals surface area contributed by atoms with E-state index in [1.807, 2.05) is 36.4 Å².